The van der Waals surface area contributed by atoms with Gasteiger partial charge in [0.25, 0.3) is 11.7 Å². The minimum atomic E-state index is -0.645. The number of carbonyl (C=O) groups excluding carboxylic acids is 2. The summed E-state index contributed by atoms with van der Waals surface area (Å²) in [5.74, 6) is -1.25. The molecule has 6 heteroatoms. The summed E-state index contributed by atoms with van der Waals surface area (Å²) in [7, 11) is 1.49. The molecule has 116 valence electrons. The number of para-hydroxylation sites is 1. The molecule has 2 rings (SSSR count). The number of hydrogen-bond acceptors (Lipinski definition) is 4. The van der Waals surface area contributed by atoms with Crippen molar-refractivity contribution >= 4 is 11.7 Å². The molecule has 1 amide bonds. The van der Waals surface area contributed by atoms with Crippen LogP contribution in [0.2, 0.25) is 0 Å². The van der Waals surface area contributed by atoms with Crippen LogP contribution in [-0.4, -0.2) is 51.7 Å². The molecule has 1 N–H and O–H groups in total. The average Bonchev–Trinajstić information content (AvgIpc) is 2.82. The monoisotopic (exact) mass is 301 g/mol. The van der Waals surface area contributed by atoms with Crippen molar-refractivity contribution in [2.24, 2.45) is 0 Å². The smallest absolute Gasteiger partial charge is 0.294 e. The highest BCUT2D eigenvalue weighted by molar-refractivity contribution is 6.43. The van der Waals surface area contributed by atoms with Gasteiger partial charge in [0, 0.05) is 13.6 Å². The number of hydrogen-bond donors (Lipinski definition) is 1. The topological polar surface area (TPSA) is 75.4 Å². The van der Waals surface area contributed by atoms with E-state index < -0.39 is 11.7 Å². The zero-order valence-electron chi connectivity index (χ0n) is 12.9. The molecule has 6 nitrogen and oxygen atoms in total. The Morgan fingerprint density at radius 1 is 1.23 bits per heavy atom. The molecular weight excluding hydrogens is 282 g/mol. The molecular formula is C16H19N3O3. The molecule has 1 aromatic heterocycles. The second kappa shape index (κ2) is 6.53. The first-order valence-electron chi connectivity index (χ1n) is 6.99. The first-order chi connectivity index (χ1) is 10.5. The quantitative estimate of drug-likeness (QED) is 0.663. The Balaban J connectivity index is 2.39. The summed E-state index contributed by atoms with van der Waals surface area (Å²) < 4.78 is 1.65. The highest BCUT2D eigenvalue weighted by Crippen LogP contribution is 2.19. The number of aromatic nitrogens is 2. The number of benzene rings is 1. The zero-order valence-corrected chi connectivity index (χ0v) is 12.9. The van der Waals surface area contributed by atoms with Gasteiger partial charge < -0.3 is 10.0 Å². The predicted molar refractivity (Wildman–Crippen MR) is 82.1 cm³/mol. The molecule has 0 saturated carbocycles. The van der Waals surface area contributed by atoms with E-state index in [0.29, 0.717) is 17.0 Å². The van der Waals surface area contributed by atoms with Gasteiger partial charge in [-0.3, -0.25) is 9.59 Å². The SMILES string of the molecule is Cc1nn(-c2ccccc2)c(C)c1C(=O)C(=O)N(C)CCO. The number of ketones is 1. The normalized spacial score (nSPS) is 10.5. The van der Waals surface area contributed by atoms with Gasteiger partial charge in [0.1, 0.15) is 0 Å². The van der Waals surface area contributed by atoms with Gasteiger partial charge in [-0.1, -0.05) is 18.2 Å². The number of aryl methyl sites for hydroxylation is 1. The summed E-state index contributed by atoms with van der Waals surface area (Å²) in [5, 5.41) is 13.2. The highest BCUT2D eigenvalue weighted by Gasteiger charge is 2.27. The fourth-order valence-electron chi connectivity index (χ4n) is 2.32. The molecule has 2 aromatic rings. The number of amides is 1. The standard InChI is InChI=1S/C16H19N3O3/c1-11-14(15(21)16(22)18(3)9-10-20)12(2)19(17-11)13-7-5-4-6-8-13/h4-8,20H,9-10H2,1-3H3. The maximum absolute atomic E-state index is 12.4. The Bertz CT molecular complexity index is 692. The van der Waals surface area contributed by atoms with Gasteiger partial charge in [0.2, 0.25) is 0 Å². The summed E-state index contributed by atoms with van der Waals surface area (Å²) in [6, 6.07) is 9.43. The van der Waals surface area contributed by atoms with E-state index in [1.54, 1.807) is 18.5 Å². The maximum Gasteiger partial charge on any atom is 0.294 e. The van der Waals surface area contributed by atoms with E-state index in [2.05, 4.69) is 5.10 Å². The van der Waals surface area contributed by atoms with Gasteiger partial charge in [0.05, 0.1) is 29.2 Å². The predicted octanol–water partition coefficient (Wildman–Crippen LogP) is 1.12. The van der Waals surface area contributed by atoms with Crippen molar-refractivity contribution in [1.82, 2.24) is 14.7 Å². The first kappa shape index (κ1) is 15.9. The van der Waals surface area contributed by atoms with Crippen molar-refractivity contribution in [3.8, 4) is 5.69 Å². The lowest BCUT2D eigenvalue weighted by molar-refractivity contribution is -0.125. The van der Waals surface area contributed by atoms with Crippen LogP contribution in [0, 0.1) is 13.8 Å². The van der Waals surface area contributed by atoms with E-state index in [0.717, 1.165) is 5.69 Å². The number of nitrogens with zero attached hydrogens (tertiary/aromatic N) is 3. The zero-order chi connectivity index (χ0) is 16.3. The summed E-state index contributed by atoms with van der Waals surface area (Å²) in [6.07, 6.45) is 0. The molecule has 0 radical (unpaired) electrons. The van der Waals surface area contributed by atoms with Crippen molar-refractivity contribution in [3.63, 3.8) is 0 Å². The van der Waals surface area contributed by atoms with Crippen molar-refractivity contribution in [3.05, 3.63) is 47.3 Å². The first-order valence-corrected chi connectivity index (χ1v) is 6.99. The third-order valence-electron chi connectivity index (χ3n) is 3.50. The summed E-state index contributed by atoms with van der Waals surface area (Å²) >= 11 is 0. The molecule has 0 saturated heterocycles. The van der Waals surface area contributed by atoms with Crippen LogP contribution in [0.3, 0.4) is 0 Å². The number of aliphatic hydroxyl groups excluding tert-OH is 1. The van der Waals surface area contributed by atoms with E-state index in [4.69, 9.17) is 5.11 Å². The highest BCUT2D eigenvalue weighted by atomic mass is 16.3. The number of rotatable bonds is 5. The lowest BCUT2D eigenvalue weighted by Gasteiger charge is -2.14. The molecule has 22 heavy (non-hydrogen) atoms. The largest absolute Gasteiger partial charge is 0.395 e. The summed E-state index contributed by atoms with van der Waals surface area (Å²) in [4.78, 5) is 25.7. The molecule has 0 bridgehead atoms. The van der Waals surface area contributed by atoms with E-state index in [1.807, 2.05) is 30.3 Å². The Morgan fingerprint density at radius 2 is 1.86 bits per heavy atom. The average molecular weight is 301 g/mol. The van der Waals surface area contributed by atoms with Crippen LogP contribution < -0.4 is 0 Å². The van der Waals surface area contributed by atoms with E-state index in [9.17, 15) is 9.59 Å². The molecule has 1 aromatic carbocycles. The molecule has 0 aliphatic rings. The van der Waals surface area contributed by atoms with Gasteiger partial charge in [-0.2, -0.15) is 5.10 Å². The minimum Gasteiger partial charge on any atom is -0.395 e. The molecule has 0 fully saturated rings. The van der Waals surface area contributed by atoms with E-state index >= 15 is 0 Å². The van der Waals surface area contributed by atoms with Gasteiger partial charge in [-0.25, -0.2) is 4.68 Å². The lowest BCUT2D eigenvalue weighted by atomic mass is 10.1. The fraction of sp³-hybridized carbons (Fsp3) is 0.312. The van der Waals surface area contributed by atoms with Crippen LogP contribution in [0.1, 0.15) is 21.7 Å². The Labute approximate surface area is 129 Å². The van der Waals surface area contributed by atoms with E-state index in [1.165, 1.54) is 11.9 Å². The Kier molecular flexibility index (Phi) is 4.72. The van der Waals surface area contributed by atoms with Gasteiger partial charge in [-0.15, -0.1) is 0 Å². The van der Waals surface area contributed by atoms with Crippen LogP contribution in [0.5, 0.6) is 0 Å². The summed E-state index contributed by atoms with van der Waals surface area (Å²) in [5.41, 5.74) is 2.29. The van der Waals surface area contributed by atoms with E-state index in [-0.39, 0.29) is 13.2 Å². The molecule has 0 aliphatic carbocycles. The van der Waals surface area contributed by atoms with Gasteiger partial charge >= 0.3 is 0 Å². The van der Waals surface area contributed by atoms with Gasteiger partial charge in [0.15, 0.2) is 0 Å². The number of likely N-dealkylation sites (N-methyl/N-ethyl adjacent to an activating group) is 1. The van der Waals surface area contributed by atoms with Crippen molar-refractivity contribution in [1.29, 1.82) is 0 Å². The summed E-state index contributed by atoms with van der Waals surface area (Å²) in [6.45, 7) is 3.41. The third kappa shape index (κ3) is 2.92. The molecule has 1 heterocycles. The molecule has 0 unspecified atom stereocenters. The van der Waals surface area contributed by atoms with Gasteiger partial charge in [-0.05, 0) is 26.0 Å². The Morgan fingerprint density at radius 3 is 2.45 bits per heavy atom. The molecule has 0 aliphatic heterocycles. The lowest BCUT2D eigenvalue weighted by Crippen LogP contribution is -2.35. The van der Waals surface area contributed by atoms with Crippen molar-refractivity contribution in [2.45, 2.75) is 13.8 Å². The van der Waals surface area contributed by atoms with Crippen LogP contribution in [0.25, 0.3) is 5.69 Å². The third-order valence-corrected chi connectivity index (χ3v) is 3.50. The number of aliphatic hydroxyl groups is 1. The van der Waals surface area contributed by atoms with Crippen LogP contribution in [-0.2, 0) is 4.79 Å². The number of Topliss-reactive ketones (excluding diaryl/α,β-unsaturated/α-hetero) is 1. The van der Waals surface area contributed by atoms with Crippen molar-refractivity contribution in [2.75, 3.05) is 20.2 Å². The molecule has 0 atom stereocenters. The molecule has 0 spiro atoms. The van der Waals surface area contributed by atoms with Crippen molar-refractivity contribution < 1.29 is 14.7 Å². The second-order valence-electron chi connectivity index (χ2n) is 5.07. The minimum absolute atomic E-state index is 0.121. The van der Waals surface area contributed by atoms with Crippen LogP contribution in [0.4, 0.5) is 0 Å². The number of carbonyl (C=O) groups is 2. The van der Waals surface area contributed by atoms with Crippen LogP contribution >= 0.6 is 0 Å². The van der Waals surface area contributed by atoms with Crippen LogP contribution in [0.15, 0.2) is 30.3 Å². The fourth-order valence-corrected chi connectivity index (χ4v) is 2.32. The second-order valence-corrected chi connectivity index (χ2v) is 5.07. The maximum atomic E-state index is 12.4. The Hall–Kier alpha value is -2.47.